The van der Waals surface area contributed by atoms with Crippen LogP contribution in [0.15, 0.2) is 6.07 Å². The fourth-order valence-corrected chi connectivity index (χ4v) is 3.47. The molecule has 3 rings (SSSR count). The Morgan fingerprint density at radius 2 is 1.96 bits per heavy atom. The van der Waals surface area contributed by atoms with Crippen molar-refractivity contribution in [3.8, 4) is 0 Å². The van der Waals surface area contributed by atoms with E-state index in [1.165, 1.54) is 4.90 Å². The van der Waals surface area contributed by atoms with E-state index in [0.717, 1.165) is 18.5 Å². The standard InChI is InChI=1S/C18H26N4O5/c1-18(2,3)27-17(26)21-6-4-11(5-7-21)13-9-14(20-19-13)22-10-12(16(24)25)8-15(22)23/h9,11-12H,4-8,10H2,1-3H3,(H,19,20)(H,24,25). The van der Waals surface area contributed by atoms with Gasteiger partial charge < -0.3 is 14.7 Å². The molecule has 9 nitrogen and oxygen atoms in total. The number of likely N-dealkylation sites (tertiary alicyclic amines) is 1. The van der Waals surface area contributed by atoms with Crippen molar-refractivity contribution in [3.05, 3.63) is 11.8 Å². The molecule has 1 unspecified atom stereocenters. The van der Waals surface area contributed by atoms with Crippen LogP contribution >= 0.6 is 0 Å². The highest BCUT2D eigenvalue weighted by Gasteiger charge is 2.36. The van der Waals surface area contributed by atoms with Gasteiger partial charge in [0.25, 0.3) is 0 Å². The Hall–Kier alpha value is -2.58. The second-order valence-electron chi connectivity index (χ2n) is 8.17. The van der Waals surface area contributed by atoms with Gasteiger partial charge in [0, 0.05) is 43.7 Å². The molecule has 148 valence electrons. The molecule has 2 N–H and O–H groups in total. The number of carbonyl (C=O) groups excluding carboxylic acids is 2. The third-order valence-corrected chi connectivity index (χ3v) is 4.92. The van der Waals surface area contributed by atoms with Gasteiger partial charge in [0.1, 0.15) is 5.60 Å². The highest BCUT2D eigenvalue weighted by atomic mass is 16.6. The van der Waals surface area contributed by atoms with E-state index in [-0.39, 0.29) is 30.9 Å². The maximum absolute atomic E-state index is 12.1. The fourth-order valence-electron chi connectivity index (χ4n) is 3.47. The maximum atomic E-state index is 12.1. The summed E-state index contributed by atoms with van der Waals surface area (Å²) >= 11 is 0. The van der Waals surface area contributed by atoms with Crippen molar-refractivity contribution in [1.29, 1.82) is 0 Å². The van der Waals surface area contributed by atoms with Crippen LogP contribution in [0.1, 0.15) is 51.6 Å². The van der Waals surface area contributed by atoms with Gasteiger partial charge in [-0.1, -0.05) is 0 Å². The lowest BCUT2D eigenvalue weighted by Gasteiger charge is -2.33. The lowest BCUT2D eigenvalue weighted by atomic mass is 9.94. The van der Waals surface area contributed by atoms with E-state index in [1.54, 1.807) is 4.90 Å². The molecular formula is C18H26N4O5. The van der Waals surface area contributed by atoms with Gasteiger partial charge in [0.2, 0.25) is 5.91 Å². The summed E-state index contributed by atoms with van der Waals surface area (Å²) in [5.41, 5.74) is 0.392. The number of aliphatic carboxylic acids is 1. The second-order valence-corrected chi connectivity index (χ2v) is 8.17. The van der Waals surface area contributed by atoms with Crippen LogP contribution < -0.4 is 4.90 Å². The zero-order chi connectivity index (χ0) is 19.8. The predicted molar refractivity (Wildman–Crippen MR) is 96.5 cm³/mol. The zero-order valence-electron chi connectivity index (χ0n) is 15.9. The lowest BCUT2D eigenvalue weighted by molar-refractivity contribution is -0.141. The van der Waals surface area contributed by atoms with Crippen LogP contribution in [-0.2, 0) is 14.3 Å². The summed E-state index contributed by atoms with van der Waals surface area (Å²) < 4.78 is 5.41. The minimum absolute atomic E-state index is 0.00576. The van der Waals surface area contributed by atoms with E-state index in [4.69, 9.17) is 9.84 Å². The van der Waals surface area contributed by atoms with Crippen LogP contribution in [0.25, 0.3) is 0 Å². The van der Waals surface area contributed by atoms with Crippen LogP contribution in [0.3, 0.4) is 0 Å². The van der Waals surface area contributed by atoms with Crippen molar-refractivity contribution in [2.24, 2.45) is 5.92 Å². The first kappa shape index (κ1) is 19.2. The average Bonchev–Trinajstić information content (AvgIpc) is 3.20. The molecule has 2 amide bonds. The molecule has 0 spiro atoms. The molecule has 0 saturated carbocycles. The second kappa shape index (κ2) is 7.21. The normalized spacial score (nSPS) is 21.6. The number of rotatable bonds is 3. The Morgan fingerprint density at radius 1 is 1.30 bits per heavy atom. The van der Waals surface area contributed by atoms with Gasteiger partial charge in [-0.05, 0) is 33.6 Å². The SMILES string of the molecule is CC(C)(C)OC(=O)N1CCC(c2cc(N3CC(C(=O)O)CC3=O)n[nH]2)CC1. The quantitative estimate of drug-likeness (QED) is 0.831. The molecule has 2 aliphatic heterocycles. The fraction of sp³-hybridized carbons (Fsp3) is 0.667. The number of hydrogen-bond donors (Lipinski definition) is 2. The first-order valence-corrected chi connectivity index (χ1v) is 9.20. The van der Waals surface area contributed by atoms with Gasteiger partial charge in [-0.2, -0.15) is 5.10 Å². The number of amides is 2. The Bertz CT molecular complexity index is 730. The highest BCUT2D eigenvalue weighted by molar-refractivity contribution is 5.98. The van der Waals surface area contributed by atoms with Crippen LogP contribution in [-0.4, -0.2) is 63.4 Å². The molecule has 2 saturated heterocycles. The number of nitrogens with zero attached hydrogens (tertiary/aromatic N) is 3. The van der Waals surface area contributed by atoms with Crippen molar-refractivity contribution in [2.45, 2.75) is 51.6 Å². The van der Waals surface area contributed by atoms with Gasteiger partial charge in [0.15, 0.2) is 5.82 Å². The topological polar surface area (TPSA) is 116 Å². The summed E-state index contributed by atoms with van der Waals surface area (Å²) in [6, 6.07) is 1.82. The Morgan fingerprint density at radius 3 is 2.52 bits per heavy atom. The van der Waals surface area contributed by atoms with Crippen LogP contribution in [0.4, 0.5) is 10.6 Å². The van der Waals surface area contributed by atoms with Crippen molar-refractivity contribution in [2.75, 3.05) is 24.5 Å². The molecule has 0 aliphatic carbocycles. The number of piperidine rings is 1. The van der Waals surface area contributed by atoms with Crippen LogP contribution in [0, 0.1) is 5.92 Å². The van der Waals surface area contributed by atoms with E-state index in [9.17, 15) is 14.4 Å². The van der Waals surface area contributed by atoms with Crippen LogP contribution in [0.5, 0.6) is 0 Å². The van der Waals surface area contributed by atoms with Crippen molar-refractivity contribution in [3.63, 3.8) is 0 Å². The molecule has 0 bridgehead atoms. The Labute approximate surface area is 157 Å². The number of carbonyl (C=O) groups is 3. The smallest absolute Gasteiger partial charge is 0.410 e. The largest absolute Gasteiger partial charge is 0.481 e. The zero-order valence-corrected chi connectivity index (χ0v) is 15.9. The third-order valence-electron chi connectivity index (χ3n) is 4.92. The Kier molecular flexibility index (Phi) is 5.12. The van der Waals surface area contributed by atoms with Gasteiger partial charge in [-0.3, -0.25) is 19.6 Å². The van der Waals surface area contributed by atoms with Gasteiger partial charge >= 0.3 is 12.1 Å². The molecule has 1 aromatic heterocycles. The maximum Gasteiger partial charge on any atom is 0.410 e. The number of ether oxygens (including phenoxy) is 1. The summed E-state index contributed by atoms with van der Waals surface area (Å²) in [4.78, 5) is 38.4. The minimum Gasteiger partial charge on any atom is -0.481 e. The first-order valence-electron chi connectivity index (χ1n) is 9.20. The van der Waals surface area contributed by atoms with E-state index >= 15 is 0 Å². The number of H-pyrrole nitrogens is 1. The molecular weight excluding hydrogens is 352 g/mol. The van der Waals surface area contributed by atoms with Crippen molar-refractivity contribution < 1.29 is 24.2 Å². The molecule has 2 aliphatic rings. The summed E-state index contributed by atoms with van der Waals surface area (Å²) in [5, 5.41) is 16.3. The summed E-state index contributed by atoms with van der Waals surface area (Å²) in [7, 11) is 0. The number of aromatic nitrogens is 2. The molecule has 1 atom stereocenters. The predicted octanol–water partition coefficient (Wildman–Crippen LogP) is 1.96. The molecule has 9 heteroatoms. The molecule has 2 fully saturated rings. The molecule has 1 aromatic rings. The monoisotopic (exact) mass is 378 g/mol. The van der Waals surface area contributed by atoms with Gasteiger partial charge in [-0.25, -0.2) is 4.79 Å². The molecule has 3 heterocycles. The number of hydrogen-bond acceptors (Lipinski definition) is 5. The molecule has 27 heavy (non-hydrogen) atoms. The van der Waals surface area contributed by atoms with E-state index < -0.39 is 17.5 Å². The summed E-state index contributed by atoms with van der Waals surface area (Å²) in [6.07, 6.45) is 1.25. The van der Waals surface area contributed by atoms with E-state index in [1.807, 2.05) is 26.8 Å². The number of carboxylic acid groups (broad SMARTS) is 1. The highest BCUT2D eigenvalue weighted by Crippen LogP contribution is 2.31. The lowest BCUT2D eigenvalue weighted by Crippen LogP contribution is -2.41. The number of carboxylic acids is 1. The number of nitrogens with one attached hydrogen (secondary N) is 1. The van der Waals surface area contributed by atoms with E-state index in [2.05, 4.69) is 10.2 Å². The summed E-state index contributed by atoms with van der Waals surface area (Å²) in [6.45, 7) is 6.87. The third kappa shape index (κ3) is 4.40. The van der Waals surface area contributed by atoms with E-state index in [0.29, 0.717) is 18.9 Å². The number of anilines is 1. The minimum atomic E-state index is -0.962. The Balaban J connectivity index is 1.58. The number of aromatic amines is 1. The van der Waals surface area contributed by atoms with Crippen molar-refractivity contribution >= 4 is 23.8 Å². The van der Waals surface area contributed by atoms with Gasteiger partial charge in [0.05, 0.1) is 5.92 Å². The molecule has 0 radical (unpaired) electrons. The molecule has 0 aromatic carbocycles. The first-order chi connectivity index (χ1) is 12.6. The summed E-state index contributed by atoms with van der Waals surface area (Å²) in [5.74, 6) is -1.20. The van der Waals surface area contributed by atoms with Crippen molar-refractivity contribution in [1.82, 2.24) is 15.1 Å². The van der Waals surface area contributed by atoms with Gasteiger partial charge in [-0.15, -0.1) is 0 Å². The average molecular weight is 378 g/mol. The van der Waals surface area contributed by atoms with Crippen LogP contribution in [0.2, 0.25) is 0 Å².